The molecule has 0 aliphatic heterocycles. The molecule has 1 heterocycles. The smallest absolute Gasteiger partial charge is 0.294 e. The van der Waals surface area contributed by atoms with Crippen molar-refractivity contribution in [3.63, 3.8) is 0 Å². The molecule has 2 aromatic carbocycles. The number of hydrogen-bond donors (Lipinski definition) is 2. The minimum Gasteiger partial charge on any atom is -0.351 e. The molecule has 6 nitrogen and oxygen atoms in total. The van der Waals surface area contributed by atoms with Gasteiger partial charge < -0.3 is 15.2 Å². The summed E-state index contributed by atoms with van der Waals surface area (Å²) in [6.45, 7) is 2.92. The highest BCUT2D eigenvalue weighted by atomic mass is 19.1. The maximum Gasteiger partial charge on any atom is 0.294 e. The number of aryl methyl sites for hydroxylation is 2. The van der Waals surface area contributed by atoms with E-state index in [2.05, 4.69) is 15.8 Å². The van der Waals surface area contributed by atoms with Gasteiger partial charge >= 0.3 is 0 Å². The molecular weight excluding hydrogens is 349 g/mol. The van der Waals surface area contributed by atoms with E-state index in [0.29, 0.717) is 28.2 Å². The molecule has 0 saturated heterocycles. The number of hydrogen-bond acceptors (Lipinski definition) is 4. The van der Waals surface area contributed by atoms with E-state index in [-0.39, 0.29) is 11.7 Å². The van der Waals surface area contributed by atoms with E-state index in [0.717, 1.165) is 5.56 Å². The molecule has 0 bridgehead atoms. The van der Waals surface area contributed by atoms with E-state index >= 15 is 0 Å². The molecule has 0 radical (unpaired) electrons. The van der Waals surface area contributed by atoms with E-state index < -0.39 is 12.6 Å². The van der Waals surface area contributed by atoms with Crippen molar-refractivity contribution in [2.45, 2.75) is 20.5 Å². The van der Waals surface area contributed by atoms with Gasteiger partial charge in [-0.25, -0.2) is 4.39 Å². The van der Waals surface area contributed by atoms with Crippen LogP contribution < -0.4 is 10.6 Å². The molecule has 3 rings (SSSR count). The maximum absolute atomic E-state index is 12.8. The lowest BCUT2D eigenvalue weighted by Crippen LogP contribution is -2.15. The average molecular weight is 367 g/mol. The number of carbonyl (C=O) groups excluding carboxylic acids is 2. The van der Waals surface area contributed by atoms with E-state index in [1.54, 1.807) is 49.4 Å². The minimum absolute atomic E-state index is 0.0862. The Bertz CT molecular complexity index is 998. The zero-order valence-corrected chi connectivity index (χ0v) is 14.9. The number of aromatic nitrogens is 1. The summed E-state index contributed by atoms with van der Waals surface area (Å²) in [5.74, 6) is -0.730. The number of nitrogens with zero attached hydrogens (tertiary/aromatic N) is 1. The van der Waals surface area contributed by atoms with E-state index in [4.69, 9.17) is 4.52 Å². The number of nitrogens with one attached hydrogen (secondary N) is 2. The zero-order chi connectivity index (χ0) is 19.4. The maximum atomic E-state index is 12.8. The van der Waals surface area contributed by atoms with Gasteiger partial charge in [0, 0.05) is 23.0 Å². The van der Waals surface area contributed by atoms with Gasteiger partial charge in [-0.2, -0.15) is 0 Å². The van der Waals surface area contributed by atoms with Crippen molar-refractivity contribution in [2.75, 3.05) is 10.6 Å². The van der Waals surface area contributed by atoms with Gasteiger partial charge in [-0.05, 0) is 55.3 Å². The summed E-state index contributed by atoms with van der Waals surface area (Å²) in [5, 5.41) is 9.09. The third-order valence-corrected chi connectivity index (χ3v) is 3.79. The van der Waals surface area contributed by atoms with Crippen molar-refractivity contribution in [2.24, 2.45) is 0 Å². The van der Waals surface area contributed by atoms with Crippen molar-refractivity contribution in [1.29, 1.82) is 0 Å². The molecule has 1 aromatic heterocycles. The molecule has 0 saturated carbocycles. The Hall–Kier alpha value is -3.48. The summed E-state index contributed by atoms with van der Waals surface area (Å²) in [5.41, 5.74) is 3.19. The SMILES string of the molecule is Cc1cc(NC(=O)c2cc(C)no2)cc(C(=O)Nc2cccc(CF)c2)c1. The van der Waals surface area contributed by atoms with Gasteiger partial charge in [-0.15, -0.1) is 0 Å². The first kappa shape index (κ1) is 18.3. The molecule has 0 aliphatic carbocycles. The third kappa shape index (κ3) is 4.58. The third-order valence-electron chi connectivity index (χ3n) is 3.79. The second-order valence-electron chi connectivity index (χ2n) is 6.16. The van der Waals surface area contributed by atoms with Crippen molar-refractivity contribution in [1.82, 2.24) is 5.16 Å². The summed E-state index contributed by atoms with van der Waals surface area (Å²) in [7, 11) is 0. The Balaban J connectivity index is 1.77. The van der Waals surface area contributed by atoms with E-state index in [1.165, 1.54) is 6.07 Å². The summed E-state index contributed by atoms with van der Waals surface area (Å²) < 4.78 is 17.7. The largest absolute Gasteiger partial charge is 0.351 e. The van der Waals surface area contributed by atoms with Crippen molar-refractivity contribution >= 4 is 23.2 Å². The number of benzene rings is 2. The van der Waals surface area contributed by atoms with Crippen LogP contribution in [0, 0.1) is 13.8 Å². The molecule has 0 atom stereocenters. The van der Waals surface area contributed by atoms with Gasteiger partial charge in [0.2, 0.25) is 5.76 Å². The van der Waals surface area contributed by atoms with E-state index in [1.807, 2.05) is 6.92 Å². The highest BCUT2D eigenvalue weighted by Gasteiger charge is 2.14. The van der Waals surface area contributed by atoms with Crippen LogP contribution in [0.15, 0.2) is 53.1 Å². The molecule has 0 aliphatic rings. The zero-order valence-electron chi connectivity index (χ0n) is 14.9. The van der Waals surface area contributed by atoms with Crippen LogP contribution in [-0.4, -0.2) is 17.0 Å². The highest BCUT2D eigenvalue weighted by molar-refractivity contribution is 6.06. The Morgan fingerprint density at radius 1 is 1.00 bits per heavy atom. The number of alkyl halides is 1. The predicted octanol–water partition coefficient (Wildman–Crippen LogP) is 4.27. The number of carbonyl (C=O) groups is 2. The van der Waals surface area contributed by atoms with Crippen LogP contribution in [0.3, 0.4) is 0 Å². The molecule has 0 unspecified atom stereocenters. The fourth-order valence-corrected chi connectivity index (χ4v) is 2.59. The van der Waals surface area contributed by atoms with Gasteiger partial charge in [-0.3, -0.25) is 9.59 Å². The Morgan fingerprint density at radius 2 is 1.78 bits per heavy atom. The first-order valence-corrected chi connectivity index (χ1v) is 8.27. The Morgan fingerprint density at radius 3 is 2.48 bits per heavy atom. The topological polar surface area (TPSA) is 84.2 Å². The van der Waals surface area contributed by atoms with Crippen LogP contribution in [0.4, 0.5) is 15.8 Å². The lowest BCUT2D eigenvalue weighted by molar-refractivity contribution is 0.0985. The van der Waals surface area contributed by atoms with E-state index in [9.17, 15) is 14.0 Å². The quantitative estimate of drug-likeness (QED) is 0.705. The average Bonchev–Trinajstić information content (AvgIpc) is 3.08. The molecule has 3 aromatic rings. The van der Waals surface area contributed by atoms with Crippen LogP contribution in [0.1, 0.15) is 37.7 Å². The fourth-order valence-electron chi connectivity index (χ4n) is 2.59. The van der Waals surface area contributed by atoms with Crippen LogP contribution in [0.2, 0.25) is 0 Å². The van der Waals surface area contributed by atoms with Gasteiger partial charge in [0.25, 0.3) is 11.8 Å². The molecule has 138 valence electrons. The first-order chi connectivity index (χ1) is 12.9. The predicted molar refractivity (Wildman–Crippen MR) is 99.6 cm³/mol. The van der Waals surface area contributed by atoms with Crippen LogP contribution in [0.5, 0.6) is 0 Å². The number of halogens is 1. The second kappa shape index (κ2) is 7.82. The normalized spacial score (nSPS) is 10.5. The van der Waals surface area contributed by atoms with Crippen molar-refractivity contribution < 1.29 is 18.5 Å². The second-order valence-corrected chi connectivity index (χ2v) is 6.16. The Kier molecular flexibility index (Phi) is 5.30. The standard InChI is InChI=1S/C20H18FN3O3/c1-12-6-15(19(25)22-16-5-3-4-14(9-16)11-21)10-17(7-12)23-20(26)18-8-13(2)24-27-18/h3-10H,11H2,1-2H3,(H,22,25)(H,23,26). The molecule has 2 amide bonds. The molecule has 2 N–H and O–H groups in total. The van der Waals surface area contributed by atoms with Crippen molar-refractivity contribution in [3.8, 4) is 0 Å². The summed E-state index contributed by atoms with van der Waals surface area (Å²) in [6.07, 6.45) is 0. The molecular formula is C20H18FN3O3. The number of amides is 2. The monoisotopic (exact) mass is 367 g/mol. The van der Waals surface area contributed by atoms with Gasteiger partial charge in [-0.1, -0.05) is 17.3 Å². The lowest BCUT2D eigenvalue weighted by atomic mass is 10.1. The summed E-state index contributed by atoms with van der Waals surface area (Å²) in [6, 6.07) is 13.1. The molecule has 0 spiro atoms. The minimum atomic E-state index is -0.606. The number of rotatable bonds is 5. The van der Waals surface area contributed by atoms with Gasteiger partial charge in [0.1, 0.15) is 6.67 Å². The van der Waals surface area contributed by atoms with Crippen LogP contribution >= 0.6 is 0 Å². The molecule has 27 heavy (non-hydrogen) atoms. The van der Waals surface area contributed by atoms with Gasteiger partial charge in [0.05, 0.1) is 5.69 Å². The highest BCUT2D eigenvalue weighted by Crippen LogP contribution is 2.18. The summed E-state index contributed by atoms with van der Waals surface area (Å²) >= 11 is 0. The summed E-state index contributed by atoms with van der Waals surface area (Å²) in [4.78, 5) is 24.7. The van der Waals surface area contributed by atoms with Gasteiger partial charge in [0.15, 0.2) is 0 Å². The fraction of sp³-hybridized carbons (Fsp3) is 0.150. The van der Waals surface area contributed by atoms with Crippen molar-refractivity contribution in [3.05, 3.63) is 76.7 Å². The first-order valence-electron chi connectivity index (χ1n) is 8.27. The molecule has 7 heteroatoms. The lowest BCUT2D eigenvalue weighted by Gasteiger charge is -2.10. The van der Waals surface area contributed by atoms with Crippen LogP contribution in [-0.2, 0) is 6.67 Å². The molecule has 0 fully saturated rings. The number of anilines is 2. The Labute approximate surface area is 155 Å². The van der Waals surface area contributed by atoms with Crippen LogP contribution in [0.25, 0.3) is 0 Å².